The minimum atomic E-state index is -3.49. The molecular weight excluding hydrogens is 444 g/mol. The van der Waals surface area contributed by atoms with Crippen LogP contribution in [-0.2, 0) is 5.04 Å². The molecule has 4 aromatic carbocycles. The fourth-order valence-corrected chi connectivity index (χ4v) is 10.6. The minimum Gasteiger partial charge on any atom is -0.428 e. The van der Waals surface area contributed by atoms with Crippen LogP contribution >= 0.6 is 0 Å². The lowest BCUT2D eigenvalue weighted by Crippen LogP contribution is -2.64. The summed E-state index contributed by atoms with van der Waals surface area (Å²) >= 11 is 0. The molecule has 180 valence electrons. The predicted octanol–water partition coefficient (Wildman–Crippen LogP) is 6.86. The molecule has 4 aromatic rings. The molecule has 0 heterocycles. The Balaban J connectivity index is 2.20. The Morgan fingerprint density at radius 2 is 0.943 bits per heavy atom. The second kappa shape index (κ2) is 10.3. The maximum absolute atomic E-state index is 13.0. The standard InChI is InChI=1S/C32H36O2Si/c1-31(2,3)24-35(34,25-33)32(28-20-12-6-13-21-28,29-22-14-7-15-23-29)30(26-16-8-4-9-17-26)27-18-10-5-11-19-27/h4-23,30,33-34H,24-25H2,1-3H3. The van der Waals surface area contributed by atoms with E-state index in [-0.39, 0.29) is 17.6 Å². The Morgan fingerprint density at radius 1 is 0.600 bits per heavy atom. The van der Waals surface area contributed by atoms with Crippen molar-refractivity contribution in [3.05, 3.63) is 144 Å². The number of aliphatic hydroxyl groups excluding tert-OH is 1. The summed E-state index contributed by atoms with van der Waals surface area (Å²) in [5.41, 5.74) is 4.16. The van der Waals surface area contributed by atoms with Gasteiger partial charge >= 0.3 is 0 Å². The van der Waals surface area contributed by atoms with Crippen LogP contribution in [-0.4, -0.2) is 24.4 Å². The maximum atomic E-state index is 13.0. The van der Waals surface area contributed by atoms with Gasteiger partial charge in [0.05, 0.1) is 11.3 Å². The summed E-state index contributed by atoms with van der Waals surface area (Å²) in [7, 11) is -3.49. The molecule has 0 saturated heterocycles. The topological polar surface area (TPSA) is 40.5 Å². The molecule has 2 N–H and O–H groups in total. The smallest absolute Gasteiger partial charge is 0.229 e. The SMILES string of the molecule is CC(C)(C)C[Si](O)(CO)C(c1ccccc1)(c1ccccc1)C(c1ccccc1)c1ccccc1. The zero-order valence-corrected chi connectivity index (χ0v) is 21.9. The van der Waals surface area contributed by atoms with Gasteiger partial charge in [0, 0.05) is 5.92 Å². The first-order chi connectivity index (χ1) is 16.8. The number of rotatable bonds is 8. The monoisotopic (exact) mass is 480 g/mol. The van der Waals surface area contributed by atoms with Crippen molar-refractivity contribution in [2.45, 2.75) is 37.8 Å². The Labute approximate surface area is 211 Å². The van der Waals surface area contributed by atoms with Gasteiger partial charge in [-0.2, -0.15) is 0 Å². The quantitative estimate of drug-likeness (QED) is 0.271. The molecule has 0 amide bonds. The lowest BCUT2D eigenvalue weighted by atomic mass is 9.72. The van der Waals surface area contributed by atoms with Gasteiger partial charge < -0.3 is 9.90 Å². The highest BCUT2D eigenvalue weighted by atomic mass is 28.4. The molecule has 0 spiro atoms. The van der Waals surface area contributed by atoms with Crippen molar-refractivity contribution in [3.8, 4) is 0 Å². The van der Waals surface area contributed by atoms with E-state index in [4.69, 9.17) is 0 Å². The highest BCUT2D eigenvalue weighted by molar-refractivity contribution is 6.76. The van der Waals surface area contributed by atoms with Gasteiger partial charge in [-0.05, 0) is 33.7 Å². The largest absolute Gasteiger partial charge is 0.428 e. The summed E-state index contributed by atoms with van der Waals surface area (Å²) in [6, 6.07) is 42.2. The second-order valence-electron chi connectivity index (χ2n) is 10.7. The molecular formula is C32H36O2Si. The van der Waals surface area contributed by atoms with Crippen LogP contribution in [0, 0.1) is 5.41 Å². The fraction of sp³-hybridized carbons (Fsp3) is 0.250. The van der Waals surface area contributed by atoms with E-state index in [1.165, 1.54) is 0 Å². The second-order valence-corrected chi connectivity index (χ2v) is 14.2. The Morgan fingerprint density at radius 3 is 1.26 bits per heavy atom. The molecule has 0 saturated carbocycles. The molecule has 0 bridgehead atoms. The molecule has 1 atom stereocenters. The Bertz CT molecular complexity index is 1110. The van der Waals surface area contributed by atoms with Crippen LogP contribution in [0.4, 0.5) is 0 Å². The summed E-state index contributed by atoms with van der Waals surface area (Å²) in [4.78, 5) is 13.0. The number of hydrogen-bond acceptors (Lipinski definition) is 2. The fourth-order valence-electron chi connectivity index (χ4n) is 5.89. The average Bonchev–Trinajstić information content (AvgIpc) is 2.88. The van der Waals surface area contributed by atoms with Crippen LogP contribution in [0.2, 0.25) is 6.04 Å². The number of hydrogen-bond donors (Lipinski definition) is 2. The van der Waals surface area contributed by atoms with Crippen LogP contribution in [0.15, 0.2) is 121 Å². The molecule has 0 radical (unpaired) electrons. The highest BCUT2D eigenvalue weighted by Gasteiger charge is 2.60. The van der Waals surface area contributed by atoms with Gasteiger partial charge in [-0.25, -0.2) is 0 Å². The van der Waals surface area contributed by atoms with Crippen LogP contribution in [0.1, 0.15) is 48.9 Å². The van der Waals surface area contributed by atoms with E-state index in [9.17, 15) is 9.90 Å². The molecule has 2 nitrogen and oxygen atoms in total. The molecule has 3 heteroatoms. The van der Waals surface area contributed by atoms with Crippen LogP contribution < -0.4 is 0 Å². The van der Waals surface area contributed by atoms with Crippen molar-refractivity contribution < 1.29 is 9.90 Å². The first-order valence-corrected chi connectivity index (χ1v) is 14.7. The lowest BCUT2D eigenvalue weighted by Gasteiger charge is -2.52. The van der Waals surface area contributed by atoms with Crippen molar-refractivity contribution in [1.29, 1.82) is 0 Å². The molecule has 35 heavy (non-hydrogen) atoms. The third-order valence-electron chi connectivity index (χ3n) is 6.98. The summed E-state index contributed by atoms with van der Waals surface area (Å²) in [6.07, 6.45) is -0.232. The molecule has 0 aliphatic carbocycles. The first kappa shape index (κ1) is 25.1. The lowest BCUT2D eigenvalue weighted by molar-refractivity contribution is 0.287. The van der Waals surface area contributed by atoms with E-state index < -0.39 is 13.4 Å². The predicted molar refractivity (Wildman–Crippen MR) is 148 cm³/mol. The highest BCUT2D eigenvalue weighted by Crippen LogP contribution is 2.55. The number of benzene rings is 4. The van der Waals surface area contributed by atoms with Gasteiger partial charge in [-0.1, -0.05) is 142 Å². The molecule has 0 fully saturated rings. The summed E-state index contributed by atoms with van der Waals surface area (Å²) in [5, 5.41) is 10.3. The average molecular weight is 481 g/mol. The van der Waals surface area contributed by atoms with E-state index in [1.807, 2.05) is 48.5 Å². The number of aliphatic hydroxyl groups is 1. The normalized spacial score (nSPS) is 14.0. The zero-order chi connectivity index (χ0) is 24.9. The van der Waals surface area contributed by atoms with E-state index >= 15 is 0 Å². The van der Waals surface area contributed by atoms with Gasteiger partial charge in [0.1, 0.15) is 0 Å². The Kier molecular flexibility index (Phi) is 7.41. The molecule has 4 rings (SSSR count). The minimum absolute atomic E-state index is 0.170. The third-order valence-corrected chi connectivity index (χ3v) is 11.5. The van der Waals surface area contributed by atoms with E-state index in [0.717, 1.165) is 22.3 Å². The molecule has 0 aliphatic rings. The van der Waals surface area contributed by atoms with Crippen molar-refractivity contribution in [1.82, 2.24) is 0 Å². The summed E-state index contributed by atoms with van der Waals surface area (Å²) in [5.74, 6) is -0.194. The first-order valence-electron chi connectivity index (χ1n) is 12.4. The Hall–Kier alpha value is -2.98. The molecule has 0 aliphatic heterocycles. The zero-order valence-electron chi connectivity index (χ0n) is 20.9. The van der Waals surface area contributed by atoms with Crippen LogP contribution in [0.3, 0.4) is 0 Å². The van der Waals surface area contributed by atoms with Crippen molar-refractivity contribution in [2.24, 2.45) is 5.41 Å². The molecule has 1 unspecified atom stereocenters. The summed E-state index contributed by atoms with van der Waals surface area (Å²) < 4.78 is 0. The third kappa shape index (κ3) is 4.90. The van der Waals surface area contributed by atoms with Crippen LogP contribution in [0.25, 0.3) is 0 Å². The van der Waals surface area contributed by atoms with E-state index in [2.05, 4.69) is 93.6 Å². The van der Waals surface area contributed by atoms with Gasteiger partial charge in [0.25, 0.3) is 0 Å². The van der Waals surface area contributed by atoms with Crippen molar-refractivity contribution in [2.75, 3.05) is 6.23 Å². The van der Waals surface area contributed by atoms with E-state index in [1.54, 1.807) is 0 Å². The van der Waals surface area contributed by atoms with Gasteiger partial charge in [-0.15, -0.1) is 0 Å². The van der Waals surface area contributed by atoms with Gasteiger partial charge in [-0.3, -0.25) is 0 Å². The van der Waals surface area contributed by atoms with Crippen LogP contribution in [0.5, 0.6) is 0 Å². The molecule has 0 aromatic heterocycles. The van der Waals surface area contributed by atoms with Gasteiger partial charge in [0.15, 0.2) is 0 Å². The van der Waals surface area contributed by atoms with E-state index in [0.29, 0.717) is 6.04 Å². The van der Waals surface area contributed by atoms with Gasteiger partial charge in [0.2, 0.25) is 8.32 Å². The summed E-state index contributed by atoms with van der Waals surface area (Å²) in [6.45, 7) is 6.46. The van der Waals surface area contributed by atoms with Crippen molar-refractivity contribution in [3.63, 3.8) is 0 Å². The van der Waals surface area contributed by atoms with Crippen molar-refractivity contribution >= 4 is 8.32 Å². The maximum Gasteiger partial charge on any atom is 0.229 e.